The molecule has 3 aromatic rings. The largest absolute Gasteiger partial charge is 0.349 e. The maximum absolute atomic E-state index is 12.3. The predicted molar refractivity (Wildman–Crippen MR) is 97.1 cm³/mol. The molecular formula is C19H18N4OS. The minimum atomic E-state index is -0.000777. The molecule has 0 aliphatic heterocycles. The van der Waals surface area contributed by atoms with Gasteiger partial charge in [0.05, 0.1) is 12.5 Å². The average Bonchev–Trinajstić information content (AvgIpc) is 3.15. The van der Waals surface area contributed by atoms with Gasteiger partial charge in [-0.05, 0) is 42.8 Å². The number of hydrogen-bond acceptors (Lipinski definition) is 5. The Morgan fingerprint density at radius 1 is 1.28 bits per heavy atom. The van der Waals surface area contributed by atoms with Crippen LogP contribution in [0.3, 0.4) is 0 Å². The molecule has 1 atom stereocenters. The van der Waals surface area contributed by atoms with Gasteiger partial charge >= 0.3 is 0 Å². The predicted octanol–water partition coefficient (Wildman–Crippen LogP) is 3.34. The van der Waals surface area contributed by atoms with Gasteiger partial charge in [0.2, 0.25) is 5.91 Å². The number of rotatable bonds is 4. The van der Waals surface area contributed by atoms with Crippen LogP contribution < -0.4 is 5.32 Å². The summed E-state index contributed by atoms with van der Waals surface area (Å²) in [5.41, 5.74) is 2.98. The second-order valence-corrected chi connectivity index (χ2v) is 7.14. The Bertz CT molecular complexity index is 864. The van der Waals surface area contributed by atoms with Crippen LogP contribution in [-0.4, -0.2) is 20.9 Å². The van der Waals surface area contributed by atoms with Gasteiger partial charge in [-0.15, -0.1) is 11.3 Å². The lowest BCUT2D eigenvalue weighted by molar-refractivity contribution is -0.121. The van der Waals surface area contributed by atoms with E-state index < -0.39 is 0 Å². The summed E-state index contributed by atoms with van der Waals surface area (Å²) in [6, 6.07) is 7.79. The van der Waals surface area contributed by atoms with Crippen molar-refractivity contribution in [3.8, 4) is 11.4 Å². The molecule has 3 heterocycles. The third-order valence-corrected chi connectivity index (χ3v) is 5.23. The maximum Gasteiger partial charge on any atom is 0.225 e. The summed E-state index contributed by atoms with van der Waals surface area (Å²) in [4.78, 5) is 26.7. The first-order chi connectivity index (χ1) is 12.3. The number of nitrogens with zero attached hydrogens (tertiary/aromatic N) is 3. The van der Waals surface area contributed by atoms with Crippen LogP contribution in [0.25, 0.3) is 11.4 Å². The van der Waals surface area contributed by atoms with Crippen LogP contribution in [0.15, 0.2) is 48.2 Å². The number of hydrogen-bond donors (Lipinski definition) is 1. The van der Waals surface area contributed by atoms with E-state index >= 15 is 0 Å². The summed E-state index contributed by atoms with van der Waals surface area (Å²) in [6.07, 6.45) is 8.66. The van der Waals surface area contributed by atoms with E-state index in [1.165, 1.54) is 0 Å². The van der Waals surface area contributed by atoms with E-state index in [0.29, 0.717) is 12.2 Å². The third-order valence-electron chi connectivity index (χ3n) is 4.35. The van der Waals surface area contributed by atoms with Gasteiger partial charge in [0.1, 0.15) is 0 Å². The summed E-state index contributed by atoms with van der Waals surface area (Å²) in [5.74, 6) is 0.744. The van der Waals surface area contributed by atoms with Crippen LogP contribution >= 0.6 is 11.3 Å². The van der Waals surface area contributed by atoms with E-state index in [-0.39, 0.29) is 11.9 Å². The van der Waals surface area contributed by atoms with Gasteiger partial charge in [0.15, 0.2) is 5.82 Å². The third kappa shape index (κ3) is 3.58. The maximum atomic E-state index is 12.3. The van der Waals surface area contributed by atoms with Crippen LogP contribution in [0.1, 0.15) is 35.0 Å². The van der Waals surface area contributed by atoms with Crippen molar-refractivity contribution in [3.05, 3.63) is 64.4 Å². The molecule has 25 heavy (non-hydrogen) atoms. The quantitative estimate of drug-likeness (QED) is 0.784. The summed E-state index contributed by atoms with van der Waals surface area (Å²) in [6.45, 7) is 0. The van der Waals surface area contributed by atoms with Gasteiger partial charge in [-0.1, -0.05) is 6.07 Å². The van der Waals surface area contributed by atoms with Crippen molar-refractivity contribution in [2.45, 2.75) is 31.7 Å². The number of nitrogens with one attached hydrogen (secondary N) is 1. The standard InChI is InChI=1S/C19H18N4OS/c24-18(10-14-5-3-9-25-14)22-16-6-1-7-17-15(16)12-21-19(23-17)13-4-2-8-20-11-13/h2-5,8-9,11-12,16H,1,6-7,10H2,(H,22,24). The zero-order valence-electron chi connectivity index (χ0n) is 13.7. The normalized spacial score (nSPS) is 16.2. The van der Waals surface area contributed by atoms with Gasteiger partial charge in [-0.3, -0.25) is 9.78 Å². The van der Waals surface area contributed by atoms with Crippen molar-refractivity contribution in [1.29, 1.82) is 0 Å². The molecule has 1 unspecified atom stereocenters. The number of carbonyl (C=O) groups excluding carboxylic acids is 1. The molecule has 1 aliphatic rings. The molecule has 126 valence electrons. The highest BCUT2D eigenvalue weighted by Crippen LogP contribution is 2.29. The Balaban J connectivity index is 1.53. The van der Waals surface area contributed by atoms with Gasteiger partial charge < -0.3 is 5.32 Å². The minimum absolute atomic E-state index is 0.000777. The first-order valence-electron chi connectivity index (χ1n) is 8.37. The molecule has 1 amide bonds. The highest BCUT2D eigenvalue weighted by molar-refractivity contribution is 7.10. The van der Waals surface area contributed by atoms with Crippen LogP contribution in [0.4, 0.5) is 0 Å². The Morgan fingerprint density at radius 2 is 2.24 bits per heavy atom. The zero-order valence-corrected chi connectivity index (χ0v) is 14.5. The molecule has 0 radical (unpaired) electrons. The van der Waals surface area contributed by atoms with Crippen LogP contribution in [-0.2, 0) is 17.6 Å². The van der Waals surface area contributed by atoms with E-state index in [1.807, 2.05) is 35.8 Å². The lowest BCUT2D eigenvalue weighted by Gasteiger charge is -2.25. The summed E-state index contributed by atoms with van der Waals surface area (Å²) >= 11 is 1.61. The van der Waals surface area contributed by atoms with E-state index in [0.717, 1.165) is 41.0 Å². The first kappa shape index (κ1) is 15.9. The zero-order chi connectivity index (χ0) is 17.1. The van der Waals surface area contributed by atoms with Gasteiger partial charge in [0.25, 0.3) is 0 Å². The number of aromatic nitrogens is 3. The molecule has 3 aromatic heterocycles. The fourth-order valence-corrected chi connectivity index (χ4v) is 3.85. The van der Waals surface area contributed by atoms with Crippen molar-refractivity contribution in [2.24, 2.45) is 0 Å². The lowest BCUT2D eigenvalue weighted by Crippen LogP contribution is -2.32. The summed E-state index contributed by atoms with van der Waals surface area (Å²) in [7, 11) is 0. The molecule has 5 nitrogen and oxygen atoms in total. The molecule has 1 aliphatic carbocycles. The second-order valence-electron chi connectivity index (χ2n) is 6.11. The van der Waals surface area contributed by atoms with Gasteiger partial charge in [-0.2, -0.15) is 0 Å². The van der Waals surface area contributed by atoms with Crippen molar-refractivity contribution < 1.29 is 4.79 Å². The molecule has 0 saturated heterocycles. The summed E-state index contributed by atoms with van der Waals surface area (Å²) < 4.78 is 0. The average molecular weight is 350 g/mol. The van der Waals surface area contributed by atoms with Crippen LogP contribution in [0.2, 0.25) is 0 Å². The van der Waals surface area contributed by atoms with Crippen LogP contribution in [0.5, 0.6) is 0 Å². The van der Waals surface area contributed by atoms with Crippen molar-refractivity contribution in [2.75, 3.05) is 0 Å². The minimum Gasteiger partial charge on any atom is -0.349 e. The molecule has 0 spiro atoms. The molecule has 6 heteroatoms. The van der Waals surface area contributed by atoms with E-state index in [2.05, 4.69) is 15.3 Å². The fraction of sp³-hybridized carbons (Fsp3) is 0.263. The topological polar surface area (TPSA) is 67.8 Å². The van der Waals surface area contributed by atoms with Gasteiger partial charge in [-0.25, -0.2) is 9.97 Å². The fourth-order valence-electron chi connectivity index (χ4n) is 3.15. The summed E-state index contributed by atoms with van der Waals surface area (Å²) in [5, 5.41) is 5.14. The van der Waals surface area contributed by atoms with Crippen molar-refractivity contribution in [1.82, 2.24) is 20.3 Å². The molecule has 1 N–H and O–H groups in total. The van der Waals surface area contributed by atoms with Gasteiger partial charge in [0, 0.05) is 40.3 Å². The number of amides is 1. The Kier molecular flexibility index (Phi) is 4.52. The Labute approximate surface area is 150 Å². The number of carbonyl (C=O) groups is 1. The molecule has 0 bridgehead atoms. The molecule has 4 rings (SSSR count). The molecule has 0 aromatic carbocycles. The highest BCUT2D eigenvalue weighted by Gasteiger charge is 2.24. The van der Waals surface area contributed by atoms with E-state index in [1.54, 1.807) is 23.7 Å². The monoisotopic (exact) mass is 350 g/mol. The van der Waals surface area contributed by atoms with Crippen LogP contribution in [0, 0.1) is 0 Å². The Hall–Kier alpha value is -2.60. The second kappa shape index (κ2) is 7.11. The van der Waals surface area contributed by atoms with E-state index in [9.17, 15) is 4.79 Å². The van der Waals surface area contributed by atoms with E-state index in [4.69, 9.17) is 4.98 Å². The van der Waals surface area contributed by atoms with Crippen molar-refractivity contribution in [3.63, 3.8) is 0 Å². The SMILES string of the molecule is O=C(Cc1cccs1)NC1CCCc2nc(-c3cccnc3)ncc21. The number of fused-ring (bicyclic) bond motifs is 1. The molecular weight excluding hydrogens is 332 g/mol. The number of pyridine rings is 1. The molecule has 0 fully saturated rings. The first-order valence-corrected chi connectivity index (χ1v) is 9.25. The Morgan fingerprint density at radius 3 is 3.04 bits per heavy atom. The smallest absolute Gasteiger partial charge is 0.225 e. The number of thiophene rings is 1. The highest BCUT2D eigenvalue weighted by atomic mass is 32.1. The van der Waals surface area contributed by atoms with Crippen molar-refractivity contribution >= 4 is 17.2 Å². The molecule has 0 saturated carbocycles. The lowest BCUT2D eigenvalue weighted by atomic mass is 9.92. The number of aryl methyl sites for hydroxylation is 1.